The molecule has 1 aliphatic rings. The second-order valence-corrected chi connectivity index (χ2v) is 4.91. The fourth-order valence-electron chi connectivity index (χ4n) is 2.46. The summed E-state index contributed by atoms with van der Waals surface area (Å²) in [5, 5.41) is 8.78. The lowest BCUT2D eigenvalue weighted by Crippen LogP contribution is -2.55. The normalized spacial score (nSPS) is 20.2. The van der Waals surface area contributed by atoms with Crippen molar-refractivity contribution in [2.24, 2.45) is 5.73 Å². The Morgan fingerprint density at radius 2 is 2.10 bits per heavy atom. The average Bonchev–Trinajstić information content (AvgIpc) is 2.41. The van der Waals surface area contributed by atoms with E-state index in [2.05, 4.69) is 4.90 Å². The third-order valence-corrected chi connectivity index (χ3v) is 3.56. The van der Waals surface area contributed by atoms with Crippen molar-refractivity contribution in [3.05, 3.63) is 29.3 Å². The van der Waals surface area contributed by atoms with Crippen LogP contribution in [-0.2, 0) is 0 Å². The third-order valence-electron chi connectivity index (χ3n) is 3.56. The Kier molecular flexibility index (Phi) is 4.20. The van der Waals surface area contributed by atoms with Crippen LogP contribution >= 0.6 is 0 Å². The van der Waals surface area contributed by atoms with Crippen LogP contribution in [0, 0.1) is 11.6 Å². The summed E-state index contributed by atoms with van der Waals surface area (Å²) in [6.45, 7) is 2.18. The van der Waals surface area contributed by atoms with Gasteiger partial charge in [0.15, 0.2) is 11.6 Å². The van der Waals surface area contributed by atoms with E-state index in [4.69, 9.17) is 10.8 Å². The van der Waals surface area contributed by atoms with E-state index in [1.165, 1.54) is 6.07 Å². The number of carbonyl (C=O) groups is 1. The Morgan fingerprint density at radius 1 is 1.40 bits per heavy atom. The summed E-state index contributed by atoms with van der Waals surface area (Å²) in [6, 6.07) is 2.26. The molecule has 5 nitrogen and oxygen atoms in total. The highest BCUT2D eigenvalue weighted by molar-refractivity contribution is 5.88. The lowest BCUT2D eigenvalue weighted by atomic mass is 10.1. The number of anilines is 1. The minimum atomic E-state index is -1.48. The minimum Gasteiger partial charge on any atom is -0.478 e. The maximum absolute atomic E-state index is 14.1. The largest absolute Gasteiger partial charge is 0.478 e. The van der Waals surface area contributed by atoms with Gasteiger partial charge in [-0.1, -0.05) is 0 Å². The number of piperazine rings is 1. The predicted octanol–water partition coefficient (Wildman–Crippen LogP) is 0.742. The van der Waals surface area contributed by atoms with E-state index < -0.39 is 23.2 Å². The number of carboxylic acids is 1. The van der Waals surface area contributed by atoms with Crippen molar-refractivity contribution < 1.29 is 18.7 Å². The summed E-state index contributed by atoms with van der Waals surface area (Å²) in [6.07, 6.45) is 0. The number of nitrogens with two attached hydrogens (primary N) is 1. The van der Waals surface area contributed by atoms with Gasteiger partial charge < -0.3 is 20.6 Å². The molecule has 1 atom stereocenters. The molecule has 110 valence electrons. The van der Waals surface area contributed by atoms with Crippen molar-refractivity contribution in [3.63, 3.8) is 0 Å². The number of halogens is 2. The molecule has 7 heteroatoms. The maximum Gasteiger partial charge on any atom is 0.338 e. The molecule has 0 bridgehead atoms. The van der Waals surface area contributed by atoms with Gasteiger partial charge in [0.1, 0.15) is 0 Å². The van der Waals surface area contributed by atoms with Crippen LogP contribution in [0.1, 0.15) is 10.4 Å². The van der Waals surface area contributed by atoms with Gasteiger partial charge in [-0.05, 0) is 19.2 Å². The highest BCUT2D eigenvalue weighted by Gasteiger charge is 2.28. The van der Waals surface area contributed by atoms with Crippen LogP contribution in [0.15, 0.2) is 12.1 Å². The molecule has 0 spiro atoms. The molecule has 20 heavy (non-hydrogen) atoms. The van der Waals surface area contributed by atoms with Gasteiger partial charge in [0.2, 0.25) is 0 Å². The number of hydrogen-bond donors (Lipinski definition) is 2. The average molecular weight is 285 g/mol. The van der Waals surface area contributed by atoms with E-state index in [0.717, 1.165) is 6.07 Å². The summed E-state index contributed by atoms with van der Waals surface area (Å²) in [4.78, 5) is 14.5. The van der Waals surface area contributed by atoms with Gasteiger partial charge in [0.05, 0.1) is 17.3 Å². The molecule has 1 saturated heterocycles. The van der Waals surface area contributed by atoms with Crippen molar-refractivity contribution in [1.82, 2.24) is 4.90 Å². The lowest BCUT2D eigenvalue weighted by Gasteiger charge is -2.41. The minimum absolute atomic E-state index is 0.0658. The quantitative estimate of drug-likeness (QED) is 0.857. The second kappa shape index (κ2) is 5.72. The Labute approximate surface area is 115 Å². The van der Waals surface area contributed by atoms with Crippen molar-refractivity contribution >= 4 is 11.7 Å². The molecule has 1 fully saturated rings. The Morgan fingerprint density at radius 3 is 2.70 bits per heavy atom. The number of benzene rings is 1. The summed E-state index contributed by atoms with van der Waals surface area (Å²) < 4.78 is 27.8. The highest BCUT2D eigenvalue weighted by atomic mass is 19.2. The molecular formula is C13H17F2N3O2. The van der Waals surface area contributed by atoms with Crippen LogP contribution in [-0.4, -0.2) is 55.2 Å². The Bertz CT molecular complexity index is 525. The molecule has 0 radical (unpaired) electrons. The standard InChI is InChI=1S/C13H17F2N3O2/c1-17-4-5-18(8(6-16)7-17)10-3-2-9(13(19)20)11(14)12(10)15/h2-3,8H,4-7,16H2,1H3,(H,19,20). The summed E-state index contributed by atoms with van der Waals surface area (Å²) in [7, 11) is 1.93. The third kappa shape index (κ3) is 2.59. The molecule has 2 rings (SSSR count). The van der Waals surface area contributed by atoms with Gasteiger partial charge in [-0.25, -0.2) is 13.6 Å². The number of likely N-dealkylation sites (N-methyl/N-ethyl adjacent to an activating group) is 1. The molecule has 0 amide bonds. The van der Waals surface area contributed by atoms with E-state index in [0.29, 0.717) is 26.2 Å². The smallest absolute Gasteiger partial charge is 0.338 e. The molecule has 1 aromatic carbocycles. The Hall–Kier alpha value is -1.73. The fraction of sp³-hybridized carbons (Fsp3) is 0.462. The van der Waals surface area contributed by atoms with Crippen LogP contribution in [0.4, 0.5) is 14.5 Å². The summed E-state index contributed by atoms with van der Waals surface area (Å²) in [5.74, 6) is -3.95. The molecule has 0 saturated carbocycles. The van der Waals surface area contributed by atoms with E-state index in [1.54, 1.807) is 4.90 Å². The first-order valence-corrected chi connectivity index (χ1v) is 6.32. The molecule has 1 heterocycles. The number of nitrogens with zero attached hydrogens (tertiary/aromatic N) is 2. The first-order chi connectivity index (χ1) is 9.45. The number of hydrogen-bond acceptors (Lipinski definition) is 4. The first-order valence-electron chi connectivity index (χ1n) is 6.32. The molecule has 1 aliphatic heterocycles. The fourth-order valence-corrected chi connectivity index (χ4v) is 2.46. The van der Waals surface area contributed by atoms with Crippen LogP contribution in [0.25, 0.3) is 0 Å². The number of aromatic carboxylic acids is 1. The number of carboxylic acid groups (broad SMARTS) is 1. The molecule has 1 unspecified atom stereocenters. The van der Waals surface area contributed by atoms with Crippen LogP contribution < -0.4 is 10.6 Å². The van der Waals surface area contributed by atoms with Crippen LogP contribution in [0.5, 0.6) is 0 Å². The van der Waals surface area contributed by atoms with Gasteiger partial charge in [-0.2, -0.15) is 0 Å². The van der Waals surface area contributed by atoms with E-state index in [-0.39, 0.29) is 11.7 Å². The molecule has 0 aliphatic carbocycles. The Balaban J connectivity index is 2.37. The van der Waals surface area contributed by atoms with E-state index in [9.17, 15) is 13.6 Å². The predicted molar refractivity (Wildman–Crippen MR) is 71.0 cm³/mol. The SMILES string of the molecule is CN1CCN(c2ccc(C(=O)O)c(F)c2F)C(CN)C1. The zero-order chi connectivity index (χ0) is 14.9. The van der Waals surface area contributed by atoms with Gasteiger partial charge in [-0.3, -0.25) is 0 Å². The molecule has 3 N–H and O–H groups in total. The van der Waals surface area contributed by atoms with Crippen LogP contribution in [0.3, 0.4) is 0 Å². The molecular weight excluding hydrogens is 268 g/mol. The highest BCUT2D eigenvalue weighted by Crippen LogP contribution is 2.27. The van der Waals surface area contributed by atoms with E-state index >= 15 is 0 Å². The summed E-state index contributed by atoms with van der Waals surface area (Å²) >= 11 is 0. The second-order valence-electron chi connectivity index (χ2n) is 4.91. The monoisotopic (exact) mass is 285 g/mol. The zero-order valence-electron chi connectivity index (χ0n) is 11.1. The number of rotatable bonds is 3. The van der Waals surface area contributed by atoms with Crippen molar-refractivity contribution in [2.45, 2.75) is 6.04 Å². The van der Waals surface area contributed by atoms with Gasteiger partial charge in [-0.15, -0.1) is 0 Å². The van der Waals surface area contributed by atoms with Gasteiger partial charge in [0, 0.05) is 26.2 Å². The van der Waals surface area contributed by atoms with Crippen molar-refractivity contribution in [1.29, 1.82) is 0 Å². The van der Waals surface area contributed by atoms with E-state index in [1.807, 2.05) is 7.05 Å². The maximum atomic E-state index is 14.1. The molecule has 1 aromatic rings. The van der Waals surface area contributed by atoms with Gasteiger partial charge >= 0.3 is 5.97 Å². The summed E-state index contributed by atoms with van der Waals surface area (Å²) in [5.41, 5.74) is 5.08. The van der Waals surface area contributed by atoms with Crippen molar-refractivity contribution in [3.8, 4) is 0 Å². The lowest BCUT2D eigenvalue weighted by molar-refractivity contribution is 0.0690. The topological polar surface area (TPSA) is 69.8 Å². The van der Waals surface area contributed by atoms with Crippen molar-refractivity contribution in [2.75, 3.05) is 38.1 Å². The molecule has 0 aromatic heterocycles. The van der Waals surface area contributed by atoms with Gasteiger partial charge in [0.25, 0.3) is 0 Å². The first kappa shape index (κ1) is 14.7. The van der Waals surface area contributed by atoms with Crippen LogP contribution in [0.2, 0.25) is 0 Å². The zero-order valence-corrected chi connectivity index (χ0v) is 11.1.